The van der Waals surface area contributed by atoms with Gasteiger partial charge in [-0.15, -0.1) is 11.6 Å². The van der Waals surface area contributed by atoms with Gasteiger partial charge >= 0.3 is 0 Å². The average Bonchev–Trinajstić information content (AvgIpc) is 2.03. The normalized spacial score (nSPS) is 10.2. The topological polar surface area (TPSA) is 0 Å². The van der Waals surface area contributed by atoms with Gasteiger partial charge in [0.1, 0.15) is 5.82 Å². The molecule has 0 amide bonds. The summed E-state index contributed by atoms with van der Waals surface area (Å²) < 4.78 is 13.9. The minimum Gasteiger partial charge on any atom is -0.207 e. The van der Waals surface area contributed by atoms with Crippen molar-refractivity contribution in [2.75, 3.05) is 5.88 Å². The highest BCUT2D eigenvalue weighted by Crippen LogP contribution is 2.16. The maximum Gasteiger partial charge on any atom is 0.127 e. The van der Waals surface area contributed by atoms with E-state index in [0.29, 0.717) is 12.3 Å². The van der Waals surface area contributed by atoms with Gasteiger partial charge in [-0.3, -0.25) is 0 Å². The van der Waals surface area contributed by atoms with Gasteiger partial charge in [0, 0.05) is 10.4 Å². The minimum atomic E-state index is -0.158. The van der Waals surface area contributed by atoms with Gasteiger partial charge in [-0.25, -0.2) is 4.39 Å². The van der Waals surface area contributed by atoms with Gasteiger partial charge in [0.15, 0.2) is 0 Å². The van der Waals surface area contributed by atoms with Crippen molar-refractivity contribution in [2.24, 2.45) is 0 Å². The van der Waals surface area contributed by atoms with E-state index in [1.807, 2.05) is 6.07 Å². The summed E-state index contributed by atoms with van der Waals surface area (Å²) in [5.41, 5.74) is 0.735. The second kappa shape index (κ2) is 4.83. The largest absolute Gasteiger partial charge is 0.207 e. The molecular weight excluding hydrogens is 242 g/mol. The van der Waals surface area contributed by atoms with Crippen molar-refractivity contribution in [2.45, 2.75) is 12.8 Å². The van der Waals surface area contributed by atoms with Crippen LogP contribution >= 0.6 is 27.5 Å². The Bertz CT molecular complexity index is 263. The highest BCUT2D eigenvalue weighted by molar-refractivity contribution is 9.10. The maximum absolute atomic E-state index is 13.1. The maximum atomic E-state index is 13.1. The minimum absolute atomic E-state index is 0.158. The van der Waals surface area contributed by atoms with Gasteiger partial charge in [-0.1, -0.05) is 22.0 Å². The molecular formula is C9H9BrClF. The third kappa shape index (κ3) is 2.76. The fraction of sp³-hybridized carbons (Fsp3) is 0.333. The van der Waals surface area contributed by atoms with Crippen LogP contribution in [0.25, 0.3) is 0 Å². The van der Waals surface area contributed by atoms with Crippen molar-refractivity contribution in [3.8, 4) is 0 Å². The van der Waals surface area contributed by atoms with Crippen LogP contribution < -0.4 is 0 Å². The van der Waals surface area contributed by atoms with Gasteiger partial charge in [0.25, 0.3) is 0 Å². The van der Waals surface area contributed by atoms with Crippen LogP contribution in [0.5, 0.6) is 0 Å². The molecule has 1 aromatic carbocycles. The van der Waals surface area contributed by atoms with Crippen molar-refractivity contribution < 1.29 is 4.39 Å². The van der Waals surface area contributed by atoms with E-state index in [0.717, 1.165) is 16.5 Å². The van der Waals surface area contributed by atoms with Crippen molar-refractivity contribution >= 4 is 27.5 Å². The molecule has 0 aliphatic carbocycles. The Hall–Kier alpha value is -0.0800. The molecule has 66 valence electrons. The lowest BCUT2D eigenvalue weighted by atomic mass is 10.1. The molecule has 0 aromatic heterocycles. The van der Waals surface area contributed by atoms with Crippen LogP contribution in [0.4, 0.5) is 4.39 Å². The van der Waals surface area contributed by atoms with Crippen LogP contribution in [0, 0.1) is 5.82 Å². The first-order valence-electron chi connectivity index (χ1n) is 3.74. The number of benzene rings is 1. The van der Waals surface area contributed by atoms with E-state index in [-0.39, 0.29) is 5.82 Å². The van der Waals surface area contributed by atoms with E-state index in [1.165, 1.54) is 6.07 Å². The van der Waals surface area contributed by atoms with Crippen LogP contribution in [0.2, 0.25) is 0 Å². The quantitative estimate of drug-likeness (QED) is 0.718. The van der Waals surface area contributed by atoms with Crippen LogP contribution in [0.3, 0.4) is 0 Å². The molecule has 0 fully saturated rings. The Kier molecular flexibility index (Phi) is 4.02. The highest BCUT2D eigenvalue weighted by Gasteiger charge is 2.01. The Morgan fingerprint density at radius 2 is 2.17 bits per heavy atom. The first kappa shape index (κ1) is 10.0. The van der Waals surface area contributed by atoms with Crippen LogP contribution in [0.1, 0.15) is 12.0 Å². The molecule has 1 rings (SSSR count). The van der Waals surface area contributed by atoms with Crippen LogP contribution in [-0.4, -0.2) is 5.88 Å². The molecule has 0 spiro atoms. The van der Waals surface area contributed by atoms with E-state index >= 15 is 0 Å². The molecule has 0 nitrogen and oxygen atoms in total. The fourth-order valence-electron chi connectivity index (χ4n) is 0.982. The van der Waals surface area contributed by atoms with Crippen molar-refractivity contribution in [1.29, 1.82) is 0 Å². The summed E-state index contributed by atoms with van der Waals surface area (Å²) in [5, 5.41) is 0. The SMILES string of the molecule is Fc1cc(Br)ccc1CCCCl. The number of rotatable bonds is 3. The summed E-state index contributed by atoms with van der Waals surface area (Å²) in [6.07, 6.45) is 1.53. The van der Waals surface area contributed by atoms with Crippen molar-refractivity contribution in [1.82, 2.24) is 0 Å². The van der Waals surface area contributed by atoms with Gasteiger partial charge < -0.3 is 0 Å². The predicted octanol–water partition coefficient (Wildman–Crippen LogP) is 3.76. The summed E-state index contributed by atoms with van der Waals surface area (Å²) in [5.74, 6) is 0.421. The van der Waals surface area contributed by atoms with E-state index < -0.39 is 0 Å². The molecule has 0 atom stereocenters. The second-order valence-corrected chi connectivity index (χ2v) is 3.82. The molecule has 12 heavy (non-hydrogen) atoms. The number of hydrogen-bond acceptors (Lipinski definition) is 0. The molecule has 0 saturated heterocycles. The van der Waals surface area contributed by atoms with Crippen LogP contribution in [0.15, 0.2) is 22.7 Å². The van der Waals surface area contributed by atoms with Crippen molar-refractivity contribution in [3.63, 3.8) is 0 Å². The summed E-state index contributed by atoms with van der Waals surface area (Å²) in [7, 11) is 0. The first-order valence-corrected chi connectivity index (χ1v) is 5.06. The molecule has 3 heteroatoms. The Labute approximate surface area is 84.9 Å². The fourth-order valence-corrected chi connectivity index (χ4v) is 1.45. The molecule has 0 N–H and O–H groups in total. The van der Waals surface area contributed by atoms with Crippen molar-refractivity contribution in [3.05, 3.63) is 34.1 Å². The average molecular weight is 252 g/mol. The van der Waals surface area contributed by atoms with Gasteiger partial charge in [0.05, 0.1) is 0 Å². The second-order valence-electron chi connectivity index (χ2n) is 2.53. The number of aryl methyl sites for hydroxylation is 1. The molecule has 0 unspecified atom stereocenters. The summed E-state index contributed by atoms with van der Waals surface area (Å²) in [6, 6.07) is 5.10. The summed E-state index contributed by atoms with van der Waals surface area (Å²) >= 11 is 8.70. The summed E-state index contributed by atoms with van der Waals surface area (Å²) in [4.78, 5) is 0. The zero-order chi connectivity index (χ0) is 8.97. The molecule has 0 saturated carbocycles. The third-order valence-electron chi connectivity index (χ3n) is 1.59. The molecule has 1 aromatic rings. The van der Waals surface area contributed by atoms with E-state index in [4.69, 9.17) is 11.6 Å². The smallest absolute Gasteiger partial charge is 0.127 e. The van der Waals surface area contributed by atoms with E-state index in [9.17, 15) is 4.39 Å². The lowest BCUT2D eigenvalue weighted by Crippen LogP contribution is -1.90. The number of hydrogen-bond donors (Lipinski definition) is 0. The molecule has 0 radical (unpaired) electrons. The zero-order valence-corrected chi connectivity index (χ0v) is 8.83. The number of halogens is 3. The third-order valence-corrected chi connectivity index (χ3v) is 2.36. The monoisotopic (exact) mass is 250 g/mol. The van der Waals surface area contributed by atoms with E-state index in [2.05, 4.69) is 15.9 Å². The molecule has 0 aliphatic rings. The van der Waals surface area contributed by atoms with Crippen LogP contribution in [-0.2, 0) is 6.42 Å². The zero-order valence-electron chi connectivity index (χ0n) is 6.49. The predicted molar refractivity (Wildman–Crippen MR) is 53.1 cm³/mol. The Balaban J connectivity index is 2.72. The molecule has 0 heterocycles. The number of alkyl halides is 1. The lowest BCUT2D eigenvalue weighted by molar-refractivity contribution is 0.607. The van der Waals surface area contributed by atoms with Gasteiger partial charge in [-0.05, 0) is 30.5 Å². The van der Waals surface area contributed by atoms with Gasteiger partial charge in [-0.2, -0.15) is 0 Å². The standard InChI is InChI=1S/C9H9BrClF/c10-8-4-3-7(2-1-5-11)9(12)6-8/h3-4,6H,1-2,5H2. The Morgan fingerprint density at radius 3 is 2.75 bits per heavy atom. The lowest BCUT2D eigenvalue weighted by Gasteiger charge is -2.01. The van der Waals surface area contributed by atoms with E-state index in [1.54, 1.807) is 6.07 Å². The molecule has 0 bridgehead atoms. The highest BCUT2D eigenvalue weighted by atomic mass is 79.9. The Morgan fingerprint density at radius 1 is 1.42 bits per heavy atom. The first-order chi connectivity index (χ1) is 5.74. The van der Waals surface area contributed by atoms with Gasteiger partial charge in [0.2, 0.25) is 0 Å². The molecule has 0 aliphatic heterocycles. The summed E-state index contributed by atoms with van der Waals surface area (Å²) in [6.45, 7) is 0.